The summed E-state index contributed by atoms with van der Waals surface area (Å²) in [6, 6.07) is 16.6. The monoisotopic (exact) mass is 701 g/mol. The number of amides is 1. The normalized spacial score (nSPS) is 21.6. The minimum absolute atomic E-state index is 0.0433. The van der Waals surface area contributed by atoms with Crippen LogP contribution in [0.3, 0.4) is 0 Å². The number of esters is 1. The van der Waals surface area contributed by atoms with Crippen molar-refractivity contribution in [3.63, 3.8) is 0 Å². The van der Waals surface area contributed by atoms with E-state index in [1.54, 1.807) is 33.3 Å². The summed E-state index contributed by atoms with van der Waals surface area (Å²) in [5.41, 5.74) is 2.65. The summed E-state index contributed by atoms with van der Waals surface area (Å²) in [5, 5.41) is 0. The third-order valence-corrected chi connectivity index (χ3v) is 10.5. The number of hydrogen-bond donors (Lipinski definition) is 0. The Morgan fingerprint density at radius 2 is 1.49 bits per heavy atom. The first-order chi connectivity index (χ1) is 24.9. The summed E-state index contributed by atoms with van der Waals surface area (Å²) in [4.78, 5) is 31.1. The highest BCUT2D eigenvalue weighted by molar-refractivity contribution is 5.89. The number of ether oxygens (including phenoxy) is 7. The maximum absolute atomic E-state index is 14.9. The van der Waals surface area contributed by atoms with Gasteiger partial charge in [-0.25, -0.2) is 4.79 Å². The van der Waals surface area contributed by atoms with E-state index in [0.717, 1.165) is 61.6 Å². The first-order valence-corrected chi connectivity index (χ1v) is 18.3. The number of hydrogen-bond acceptors (Lipinski definition) is 9. The number of benzene rings is 3. The lowest BCUT2D eigenvalue weighted by Gasteiger charge is -2.40. The lowest BCUT2D eigenvalue weighted by molar-refractivity contribution is -0.163. The summed E-state index contributed by atoms with van der Waals surface area (Å²) < 4.78 is 41.4. The fourth-order valence-corrected chi connectivity index (χ4v) is 7.90. The molecule has 0 spiro atoms. The van der Waals surface area contributed by atoms with Crippen LogP contribution < -0.4 is 28.4 Å². The van der Waals surface area contributed by atoms with Crippen LogP contribution in [0.25, 0.3) is 0 Å². The Hall–Kier alpha value is -4.60. The van der Waals surface area contributed by atoms with Crippen LogP contribution in [0, 0.1) is 5.92 Å². The molecule has 1 amide bonds. The quantitative estimate of drug-likeness (QED) is 0.222. The van der Waals surface area contributed by atoms with Crippen molar-refractivity contribution < 1.29 is 42.7 Å². The van der Waals surface area contributed by atoms with Crippen LogP contribution in [0.2, 0.25) is 0 Å². The summed E-state index contributed by atoms with van der Waals surface area (Å²) in [6.07, 6.45) is 7.94. The minimum Gasteiger partial charge on any atom is -0.493 e. The molecule has 1 saturated carbocycles. The first kappa shape index (κ1) is 36.2. The highest BCUT2D eigenvalue weighted by Gasteiger charge is 2.41. The largest absolute Gasteiger partial charge is 0.493 e. The van der Waals surface area contributed by atoms with Gasteiger partial charge in [0.2, 0.25) is 11.7 Å². The van der Waals surface area contributed by atoms with Crippen molar-refractivity contribution in [3.8, 4) is 34.5 Å². The van der Waals surface area contributed by atoms with E-state index in [9.17, 15) is 9.59 Å². The van der Waals surface area contributed by atoms with E-state index in [1.165, 1.54) is 0 Å². The molecule has 10 heteroatoms. The molecule has 3 aromatic carbocycles. The van der Waals surface area contributed by atoms with Gasteiger partial charge in [-0.1, -0.05) is 37.5 Å². The van der Waals surface area contributed by atoms with E-state index >= 15 is 0 Å². The summed E-state index contributed by atoms with van der Waals surface area (Å²) in [6.45, 7) is 0.995. The number of methoxy groups -OCH3 is 4. The summed E-state index contributed by atoms with van der Waals surface area (Å²) in [5.74, 6) is 2.62. The number of rotatable bonds is 8. The Labute approximate surface area is 301 Å². The van der Waals surface area contributed by atoms with Gasteiger partial charge in [0.25, 0.3) is 0 Å². The van der Waals surface area contributed by atoms with Gasteiger partial charge in [0.1, 0.15) is 31.1 Å². The second-order valence-corrected chi connectivity index (χ2v) is 13.6. The average molecular weight is 702 g/mol. The second kappa shape index (κ2) is 17.1. The average Bonchev–Trinajstić information content (AvgIpc) is 3.17. The third-order valence-electron chi connectivity index (χ3n) is 10.5. The zero-order valence-electron chi connectivity index (χ0n) is 30.3. The third kappa shape index (κ3) is 8.32. The van der Waals surface area contributed by atoms with Crippen LogP contribution in [0.4, 0.5) is 0 Å². The number of carbonyl (C=O) groups excluding carboxylic acids is 2. The van der Waals surface area contributed by atoms with Gasteiger partial charge in [0, 0.05) is 6.54 Å². The van der Waals surface area contributed by atoms with Gasteiger partial charge < -0.3 is 38.1 Å². The Bertz CT molecular complexity index is 1650. The number of nitrogens with zero attached hydrogens (tertiary/aromatic N) is 1. The van der Waals surface area contributed by atoms with Crippen LogP contribution in [-0.4, -0.2) is 71.0 Å². The molecular weight excluding hydrogens is 650 g/mol. The highest BCUT2D eigenvalue weighted by Crippen LogP contribution is 2.45. The van der Waals surface area contributed by atoms with Crippen molar-refractivity contribution in [3.05, 3.63) is 71.3 Å². The summed E-state index contributed by atoms with van der Waals surface area (Å²) >= 11 is 0. The SMILES string of the molecule is COc1ccc(CC[C@H]2OC(=O)[C@@H]3CCCCN3C(=O)[C@@H](C3CCCCC3)c3cc(OC)c(OC)c(c3)OCCOc3cccc2c3)cc1OC. The van der Waals surface area contributed by atoms with Gasteiger partial charge in [0.15, 0.2) is 23.0 Å². The topological polar surface area (TPSA) is 102 Å². The maximum Gasteiger partial charge on any atom is 0.329 e. The zero-order valence-corrected chi connectivity index (χ0v) is 30.3. The number of piperidine rings is 1. The van der Waals surface area contributed by atoms with Gasteiger partial charge in [0.05, 0.1) is 34.4 Å². The molecule has 2 aliphatic heterocycles. The smallest absolute Gasteiger partial charge is 0.329 e. The Balaban J connectivity index is 1.37. The maximum atomic E-state index is 14.9. The lowest BCUT2D eigenvalue weighted by atomic mass is 9.75. The molecule has 6 rings (SSSR count). The molecule has 2 fully saturated rings. The van der Waals surface area contributed by atoms with Crippen LogP contribution in [0.5, 0.6) is 34.5 Å². The zero-order chi connectivity index (χ0) is 35.7. The predicted molar refractivity (Wildman–Crippen MR) is 192 cm³/mol. The number of carbonyl (C=O) groups is 2. The standard InChI is InChI=1S/C41H51NO9/c1-45-34-19-17-27(23-35(34)46-2)16-18-33-29-13-10-14-31(24-29)49-21-22-50-37-26-30(25-36(47-3)39(37)48-4)38(28-11-6-5-7-12-28)40(43)42-20-9-8-15-32(42)41(44)51-33/h10,13-14,17,19,23-26,28,32-33,38H,5-9,11-12,15-16,18,20-22H2,1-4H3/t32-,33+,38-/m0/s1. The molecule has 0 radical (unpaired) electrons. The molecule has 3 aliphatic rings. The van der Waals surface area contributed by atoms with Crippen molar-refractivity contribution in [1.82, 2.24) is 4.90 Å². The fraction of sp³-hybridized carbons (Fsp3) is 0.512. The van der Waals surface area contributed by atoms with Gasteiger partial charge in [-0.3, -0.25) is 4.79 Å². The molecular formula is C41H51NO9. The van der Waals surface area contributed by atoms with Crippen LogP contribution in [-0.2, 0) is 20.7 Å². The Kier molecular flexibility index (Phi) is 12.1. The lowest BCUT2D eigenvalue weighted by Crippen LogP contribution is -2.51. The number of fused-ring (bicyclic) bond motifs is 5. The van der Waals surface area contributed by atoms with Crippen molar-refractivity contribution >= 4 is 11.9 Å². The minimum atomic E-state index is -0.688. The van der Waals surface area contributed by atoms with E-state index < -0.39 is 18.1 Å². The van der Waals surface area contributed by atoms with Crippen molar-refractivity contribution in [2.45, 2.75) is 82.3 Å². The van der Waals surface area contributed by atoms with Crippen LogP contribution in [0.1, 0.15) is 86.5 Å². The van der Waals surface area contributed by atoms with Crippen LogP contribution >= 0.6 is 0 Å². The molecule has 2 heterocycles. The molecule has 1 aliphatic carbocycles. The molecule has 0 aromatic heterocycles. The van der Waals surface area contributed by atoms with Crippen molar-refractivity contribution in [2.24, 2.45) is 5.92 Å². The van der Waals surface area contributed by atoms with E-state index in [0.29, 0.717) is 60.3 Å². The molecule has 0 unspecified atom stereocenters. The van der Waals surface area contributed by atoms with E-state index in [1.807, 2.05) is 54.6 Å². The summed E-state index contributed by atoms with van der Waals surface area (Å²) in [7, 11) is 6.40. The molecule has 1 saturated heterocycles. The fourth-order valence-electron chi connectivity index (χ4n) is 7.90. The van der Waals surface area contributed by atoms with Gasteiger partial charge in [-0.2, -0.15) is 0 Å². The van der Waals surface area contributed by atoms with E-state index in [-0.39, 0.29) is 31.0 Å². The molecule has 274 valence electrons. The van der Waals surface area contributed by atoms with Gasteiger partial charge >= 0.3 is 5.97 Å². The van der Waals surface area contributed by atoms with E-state index in [4.69, 9.17) is 33.2 Å². The second-order valence-electron chi connectivity index (χ2n) is 13.6. The molecule has 3 atom stereocenters. The molecule has 4 bridgehead atoms. The number of aryl methyl sites for hydroxylation is 1. The van der Waals surface area contributed by atoms with E-state index in [2.05, 4.69) is 0 Å². The Morgan fingerprint density at radius 3 is 2.25 bits per heavy atom. The van der Waals surface area contributed by atoms with Crippen LogP contribution in [0.15, 0.2) is 54.6 Å². The van der Waals surface area contributed by atoms with Crippen molar-refractivity contribution in [1.29, 1.82) is 0 Å². The highest BCUT2D eigenvalue weighted by atomic mass is 16.6. The molecule has 51 heavy (non-hydrogen) atoms. The molecule has 10 nitrogen and oxygen atoms in total. The van der Waals surface area contributed by atoms with Gasteiger partial charge in [-0.15, -0.1) is 0 Å². The molecule has 3 aromatic rings. The predicted octanol–water partition coefficient (Wildman–Crippen LogP) is 7.45. The first-order valence-electron chi connectivity index (χ1n) is 18.3. The Morgan fingerprint density at radius 1 is 0.725 bits per heavy atom. The molecule has 0 N–H and O–H groups in total. The van der Waals surface area contributed by atoms with Crippen molar-refractivity contribution in [2.75, 3.05) is 48.2 Å². The van der Waals surface area contributed by atoms with Gasteiger partial charge in [-0.05, 0) is 104 Å². The number of cyclic esters (lactones) is 1.